The molecule has 96 valence electrons. The molecule has 0 radical (unpaired) electrons. The molecule has 1 aromatic heterocycles. The molecule has 1 heterocycles. The van der Waals surface area contributed by atoms with Gasteiger partial charge in [-0.05, 0) is 31.6 Å². The van der Waals surface area contributed by atoms with Crippen molar-refractivity contribution < 1.29 is 4.79 Å². The summed E-state index contributed by atoms with van der Waals surface area (Å²) in [7, 11) is 0. The van der Waals surface area contributed by atoms with Gasteiger partial charge in [0.05, 0.1) is 11.7 Å². The van der Waals surface area contributed by atoms with E-state index < -0.39 is 0 Å². The van der Waals surface area contributed by atoms with Gasteiger partial charge in [-0.2, -0.15) is 10.4 Å². The van der Waals surface area contributed by atoms with E-state index in [1.807, 2.05) is 38.1 Å². The fourth-order valence-electron chi connectivity index (χ4n) is 1.70. The molecule has 1 amide bonds. The minimum atomic E-state index is -0.359. The summed E-state index contributed by atoms with van der Waals surface area (Å²) in [5, 5.41) is 19.5. The van der Waals surface area contributed by atoms with Crippen molar-refractivity contribution in [3.8, 4) is 6.07 Å². The van der Waals surface area contributed by atoms with Crippen LogP contribution in [0, 0.1) is 11.3 Å². The molecule has 2 rings (SSSR count). The number of hydrogen-bond donors (Lipinski definition) is 2. The fourth-order valence-corrected chi connectivity index (χ4v) is 1.70. The zero-order valence-corrected chi connectivity index (χ0v) is 10.8. The Labute approximate surface area is 110 Å². The highest BCUT2D eigenvalue weighted by Crippen LogP contribution is 2.15. The molecule has 0 aliphatic rings. The SMILES string of the molecule is CC(C)NC(=O)/C(C#N)=C\c1ccc2cn[nH]c2c1. The fraction of sp³-hybridized carbons (Fsp3) is 0.214. The maximum Gasteiger partial charge on any atom is 0.262 e. The number of carbonyl (C=O) groups is 1. The molecule has 0 atom stereocenters. The molecule has 0 aliphatic carbocycles. The van der Waals surface area contributed by atoms with Crippen molar-refractivity contribution in [2.75, 3.05) is 0 Å². The second kappa shape index (κ2) is 5.36. The minimum absolute atomic E-state index is 0.000614. The van der Waals surface area contributed by atoms with Crippen molar-refractivity contribution in [2.45, 2.75) is 19.9 Å². The number of fused-ring (bicyclic) bond motifs is 1. The third-order valence-electron chi connectivity index (χ3n) is 2.56. The first kappa shape index (κ1) is 12.8. The van der Waals surface area contributed by atoms with Crippen LogP contribution in [0.15, 0.2) is 30.0 Å². The average Bonchev–Trinajstić information content (AvgIpc) is 2.82. The third-order valence-corrected chi connectivity index (χ3v) is 2.56. The topological polar surface area (TPSA) is 81.6 Å². The molecule has 19 heavy (non-hydrogen) atoms. The van der Waals surface area contributed by atoms with Gasteiger partial charge in [-0.3, -0.25) is 9.89 Å². The second-order valence-electron chi connectivity index (χ2n) is 4.51. The monoisotopic (exact) mass is 254 g/mol. The number of nitrogens with zero attached hydrogens (tertiary/aromatic N) is 2. The summed E-state index contributed by atoms with van der Waals surface area (Å²) in [4.78, 5) is 11.8. The van der Waals surface area contributed by atoms with Crippen molar-refractivity contribution in [1.29, 1.82) is 5.26 Å². The lowest BCUT2D eigenvalue weighted by molar-refractivity contribution is -0.117. The molecule has 2 N–H and O–H groups in total. The molecule has 1 aromatic carbocycles. The van der Waals surface area contributed by atoms with Gasteiger partial charge in [0.15, 0.2) is 0 Å². The van der Waals surface area contributed by atoms with Gasteiger partial charge in [0.25, 0.3) is 5.91 Å². The van der Waals surface area contributed by atoms with Crippen molar-refractivity contribution >= 4 is 22.9 Å². The number of hydrogen-bond acceptors (Lipinski definition) is 3. The number of H-pyrrole nitrogens is 1. The van der Waals surface area contributed by atoms with Crippen LogP contribution in [-0.4, -0.2) is 22.1 Å². The lowest BCUT2D eigenvalue weighted by atomic mass is 10.1. The van der Waals surface area contributed by atoms with Crippen LogP contribution >= 0.6 is 0 Å². The zero-order valence-electron chi connectivity index (χ0n) is 10.8. The molecule has 0 aliphatic heterocycles. The predicted octanol–water partition coefficient (Wildman–Crippen LogP) is 1.99. The second-order valence-corrected chi connectivity index (χ2v) is 4.51. The van der Waals surface area contributed by atoms with Gasteiger partial charge in [-0.15, -0.1) is 0 Å². The Morgan fingerprint density at radius 3 is 3.00 bits per heavy atom. The number of nitrogens with one attached hydrogen (secondary N) is 2. The highest BCUT2D eigenvalue weighted by molar-refractivity contribution is 6.02. The van der Waals surface area contributed by atoms with Crippen LogP contribution in [0.5, 0.6) is 0 Å². The van der Waals surface area contributed by atoms with Crippen LogP contribution in [0.25, 0.3) is 17.0 Å². The Bertz CT molecular complexity index is 676. The van der Waals surface area contributed by atoms with Gasteiger partial charge in [0, 0.05) is 11.4 Å². The van der Waals surface area contributed by atoms with Gasteiger partial charge in [0.1, 0.15) is 11.6 Å². The molecule has 5 heteroatoms. The van der Waals surface area contributed by atoms with Gasteiger partial charge in [-0.25, -0.2) is 0 Å². The summed E-state index contributed by atoms with van der Waals surface area (Å²) >= 11 is 0. The number of aromatic amines is 1. The van der Waals surface area contributed by atoms with E-state index in [4.69, 9.17) is 5.26 Å². The lowest BCUT2D eigenvalue weighted by Crippen LogP contribution is -2.30. The molecule has 5 nitrogen and oxygen atoms in total. The molecular weight excluding hydrogens is 240 g/mol. The van der Waals surface area contributed by atoms with E-state index in [2.05, 4.69) is 15.5 Å². The summed E-state index contributed by atoms with van der Waals surface area (Å²) in [5.41, 5.74) is 1.75. The van der Waals surface area contributed by atoms with Crippen LogP contribution in [-0.2, 0) is 4.79 Å². The molecule has 0 spiro atoms. The van der Waals surface area contributed by atoms with E-state index in [0.29, 0.717) is 0 Å². The van der Waals surface area contributed by atoms with Crippen LogP contribution in [0.3, 0.4) is 0 Å². The van der Waals surface area contributed by atoms with Crippen molar-refractivity contribution in [1.82, 2.24) is 15.5 Å². The summed E-state index contributed by atoms with van der Waals surface area (Å²) in [6.07, 6.45) is 3.29. The molecular formula is C14H14N4O. The smallest absolute Gasteiger partial charge is 0.262 e. The number of rotatable bonds is 3. The van der Waals surface area contributed by atoms with Crippen molar-refractivity contribution in [3.63, 3.8) is 0 Å². The van der Waals surface area contributed by atoms with Gasteiger partial charge in [-0.1, -0.05) is 12.1 Å². The van der Waals surface area contributed by atoms with Crippen LogP contribution in [0.1, 0.15) is 19.4 Å². The first-order valence-electron chi connectivity index (χ1n) is 5.96. The van der Waals surface area contributed by atoms with Crippen LogP contribution in [0.2, 0.25) is 0 Å². The van der Waals surface area contributed by atoms with Crippen molar-refractivity contribution in [2.24, 2.45) is 0 Å². The number of aromatic nitrogens is 2. The van der Waals surface area contributed by atoms with E-state index in [9.17, 15) is 4.79 Å². The van der Waals surface area contributed by atoms with Gasteiger partial charge >= 0.3 is 0 Å². The van der Waals surface area contributed by atoms with E-state index >= 15 is 0 Å². The van der Waals surface area contributed by atoms with Crippen LogP contribution < -0.4 is 5.32 Å². The Hall–Kier alpha value is -2.61. The Balaban J connectivity index is 2.31. The van der Waals surface area contributed by atoms with E-state index in [1.54, 1.807) is 12.3 Å². The first-order chi connectivity index (χ1) is 9.10. The molecule has 0 bridgehead atoms. The maximum atomic E-state index is 11.8. The average molecular weight is 254 g/mol. The van der Waals surface area contributed by atoms with E-state index in [0.717, 1.165) is 16.5 Å². The Kier molecular flexibility index (Phi) is 3.62. The maximum absolute atomic E-state index is 11.8. The van der Waals surface area contributed by atoms with Gasteiger partial charge < -0.3 is 5.32 Å². The normalized spacial score (nSPS) is 11.6. The number of amides is 1. The highest BCUT2D eigenvalue weighted by Gasteiger charge is 2.10. The lowest BCUT2D eigenvalue weighted by Gasteiger charge is -2.06. The van der Waals surface area contributed by atoms with Gasteiger partial charge in [0.2, 0.25) is 0 Å². The molecule has 0 saturated carbocycles. The first-order valence-corrected chi connectivity index (χ1v) is 5.96. The molecule has 0 saturated heterocycles. The minimum Gasteiger partial charge on any atom is -0.349 e. The number of carbonyl (C=O) groups excluding carboxylic acids is 1. The third kappa shape index (κ3) is 2.99. The summed E-state index contributed by atoms with van der Waals surface area (Å²) in [6, 6.07) is 7.50. The Morgan fingerprint density at radius 2 is 2.32 bits per heavy atom. The quantitative estimate of drug-likeness (QED) is 0.649. The van der Waals surface area contributed by atoms with Crippen LogP contribution in [0.4, 0.5) is 0 Å². The largest absolute Gasteiger partial charge is 0.349 e. The number of nitriles is 1. The predicted molar refractivity (Wildman–Crippen MR) is 73.0 cm³/mol. The van der Waals surface area contributed by atoms with Crippen molar-refractivity contribution in [3.05, 3.63) is 35.5 Å². The summed E-state index contributed by atoms with van der Waals surface area (Å²) in [5.74, 6) is -0.359. The summed E-state index contributed by atoms with van der Waals surface area (Å²) < 4.78 is 0. The van der Waals surface area contributed by atoms with E-state index in [-0.39, 0.29) is 17.5 Å². The summed E-state index contributed by atoms with van der Waals surface area (Å²) in [6.45, 7) is 3.70. The molecule has 0 unspecified atom stereocenters. The molecule has 0 fully saturated rings. The zero-order chi connectivity index (χ0) is 13.8. The Morgan fingerprint density at radius 1 is 1.53 bits per heavy atom. The number of benzene rings is 1. The highest BCUT2D eigenvalue weighted by atomic mass is 16.1. The standard InChI is InChI=1S/C14H14N4O/c1-9(2)17-14(19)12(7-15)5-10-3-4-11-8-16-18-13(11)6-10/h3-6,8-9H,1-2H3,(H,16,18)(H,17,19)/b12-5-. The molecule has 2 aromatic rings. The van der Waals surface area contributed by atoms with E-state index in [1.165, 1.54) is 0 Å².